The second-order valence-electron chi connectivity index (χ2n) is 6.71. The highest BCUT2D eigenvalue weighted by molar-refractivity contribution is 5.84. The van der Waals surface area contributed by atoms with Crippen LogP contribution in [0.4, 0.5) is 0 Å². The zero-order valence-electron chi connectivity index (χ0n) is 12.9. The Morgan fingerprint density at radius 3 is 2.30 bits per heavy atom. The maximum absolute atomic E-state index is 12.1. The molecule has 1 aliphatic rings. The van der Waals surface area contributed by atoms with Gasteiger partial charge in [0.1, 0.15) is 0 Å². The van der Waals surface area contributed by atoms with Crippen molar-refractivity contribution in [2.75, 3.05) is 13.2 Å². The van der Waals surface area contributed by atoms with Crippen molar-refractivity contribution in [1.29, 1.82) is 0 Å². The third kappa shape index (κ3) is 2.88. The molecule has 20 heavy (non-hydrogen) atoms. The topological polar surface area (TPSA) is 38.3 Å². The summed E-state index contributed by atoms with van der Waals surface area (Å²) >= 11 is 0. The minimum absolute atomic E-state index is 0.0992. The summed E-state index contributed by atoms with van der Waals surface area (Å²) in [6.45, 7) is 10.3. The number of amides is 1. The SMILES string of the molecule is CC1(C)C(C(=O)NCCOCc2ccccc2)C1(C)C. The number of ether oxygens (including phenoxy) is 1. The molecule has 1 aromatic carbocycles. The zero-order chi connectivity index (χ0) is 14.8. The summed E-state index contributed by atoms with van der Waals surface area (Å²) in [6, 6.07) is 10.1. The Hall–Kier alpha value is -1.35. The van der Waals surface area contributed by atoms with E-state index in [2.05, 4.69) is 33.0 Å². The van der Waals surface area contributed by atoms with Gasteiger partial charge in [-0.1, -0.05) is 58.0 Å². The number of rotatable bonds is 6. The van der Waals surface area contributed by atoms with Crippen LogP contribution >= 0.6 is 0 Å². The van der Waals surface area contributed by atoms with Gasteiger partial charge in [0.25, 0.3) is 0 Å². The van der Waals surface area contributed by atoms with Crippen molar-refractivity contribution >= 4 is 5.91 Å². The van der Waals surface area contributed by atoms with Crippen molar-refractivity contribution in [2.45, 2.75) is 34.3 Å². The lowest BCUT2D eigenvalue weighted by Crippen LogP contribution is -2.30. The Kier molecular flexibility index (Phi) is 4.19. The second kappa shape index (κ2) is 5.57. The molecule has 1 N–H and O–H groups in total. The van der Waals surface area contributed by atoms with Crippen LogP contribution < -0.4 is 5.32 Å². The molecule has 3 heteroatoms. The highest BCUT2D eigenvalue weighted by Crippen LogP contribution is 2.68. The molecule has 110 valence electrons. The quantitative estimate of drug-likeness (QED) is 0.811. The average Bonchev–Trinajstić information content (AvgIpc) is 2.80. The number of carbonyl (C=O) groups excluding carboxylic acids is 1. The Labute approximate surface area is 121 Å². The predicted molar refractivity (Wildman–Crippen MR) is 80.2 cm³/mol. The van der Waals surface area contributed by atoms with Gasteiger partial charge >= 0.3 is 0 Å². The lowest BCUT2D eigenvalue weighted by atomic mass is 10.0. The van der Waals surface area contributed by atoms with Crippen molar-refractivity contribution in [2.24, 2.45) is 16.7 Å². The Bertz CT molecular complexity index is 451. The van der Waals surface area contributed by atoms with Crippen LogP contribution in [0, 0.1) is 16.7 Å². The molecule has 1 amide bonds. The maximum Gasteiger partial charge on any atom is 0.224 e. The van der Waals surface area contributed by atoms with E-state index in [0.29, 0.717) is 19.8 Å². The van der Waals surface area contributed by atoms with Crippen molar-refractivity contribution in [1.82, 2.24) is 5.32 Å². The van der Waals surface area contributed by atoms with E-state index in [1.165, 1.54) is 0 Å². The number of benzene rings is 1. The second-order valence-corrected chi connectivity index (χ2v) is 6.71. The van der Waals surface area contributed by atoms with E-state index in [9.17, 15) is 4.79 Å². The summed E-state index contributed by atoms with van der Waals surface area (Å²) in [6.07, 6.45) is 0. The molecule has 0 radical (unpaired) electrons. The summed E-state index contributed by atoms with van der Waals surface area (Å²) < 4.78 is 5.56. The van der Waals surface area contributed by atoms with Gasteiger partial charge in [0, 0.05) is 12.5 Å². The van der Waals surface area contributed by atoms with Crippen molar-refractivity contribution in [3.63, 3.8) is 0 Å². The van der Waals surface area contributed by atoms with Crippen LogP contribution in [-0.2, 0) is 16.1 Å². The van der Waals surface area contributed by atoms with Gasteiger partial charge < -0.3 is 10.1 Å². The monoisotopic (exact) mass is 275 g/mol. The fourth-order valence-electron chi connectivity index (χ4n) is 2.96. The van der Waals surface area contributed by atoms with Gasteiger partial charge in [0.15, 0.2) is 0 Å². The third-order valence-electron chi connectivity index (χ3n) is 4.94. The number of hydrogen-bond donors (Lipinski definition) is 1. The van der Waals surface area contributed by atoms with Gasteiger partial charge in [-0.3, -0.25) is 4.79 Å². The van der Waals surface area contributed by atoms with Crippen LogP contribution in [-0.4, -0.2) is 19.1 Å². The van der Waals surface area contributed by atoms with Crippen LogP contribution in [0.1, 0.15) is 33.3 Å². The molecule has 3 nitrogen and oxygen atoms in total. The lowest BCUT2D eigenvalue weighted by Gasteiger charge is -2.07. The molecule has 0 aromatic heterocycles. The van der Waals surface area contributed by atoms with Gasteiger partial charge in [-0.2, -0.15) is 0 Å². The minimum Gasteiger partial charge on any atom is -0.375 e. The number of hydrogen-bond acceptors (Lipinski definition) is 2. The molecule has 1 aromatic rings. The normalized spacial score (nSPS) is 19.6. The number of carbonyl (C=O) groups is 1. The Morgan fingerprint density at radius 2 is 1.75 bits per heavy atom. The molecule has 0 bridgehead atoms. The summed E-state index contributed by atoms with van der Waals surface area (Å²) in [7, 11) is 0. The van der Waals surface area contributed by atoms with Gasteiger partial charge in [0.05, 0.1) is 13.2 Å². The summed E-state index contributed by atoms with van der Waals surface area (Å²) in [5.74, 6) is 0.271. The lowest BCUT2D eigenvalue weighted by molar-refractivity contribution is -0.123. The van der Waals surface area contributed by atoms with Gasteiger partial charge in [-0.05, 0) is 16.4 Å². The van der Waals surface area contributed by atoms with Crippen LogP contribution in [0.15, 0.2) is 30.3 Å². The predicted octanol–water partition coefficient (Wildman–Crippen LogP) is 3.00. The molecule has 0 unspecified atom stereocenters. The van der Waals surface area contributed by atoms with E-state index in [1.54, 1.807) is 0 Å². The van der Waals surface area contributed by atoms with Crippen molar-refractivity contribution in [3.05, 3.63) is 35.9 Å². The molecule has 1 fully saturated rings. The molecule has 0 atom stereocenters. The Morgan fingerprint density at radius 1 is 1.15 bits per heavy atom. The van der Waals surface area contributed by atoms with E-state index >= 15 is 0 Å². The van der Waals surface area contributed by atoms with E-state index in [1.807, 2.05) is 30.3 Å². The van der Waals surface area contributed by atoms with Gasteiger partial charge in [-0.25, -0.2) is 0 Å². The first-order valence-corrected chi connectivity index (χ1v) is 7.27. The molecule has 1 aliphatic carbocycles. The largest absolute Gasteiger partial charge is 0.375 e. The molecular formula is C17H25NO2. The molecule has 1 saturated carbocycles. The van der Waals surface area contributed by atoms with E-state index in [-0.39, 0.29) is 22.7 Å². The highest BCUT2D eigenvalue weighted by atomic mass is 16.5. The van der Waals surface area contributed by atoms with E-state index < -0.39 is 0 Å². The van der Waals surface area contributed by atoms with E-state index in [4.69, 9.17) is 4.74 Å². The molecule has 0 saturated heterocycles. The fourth-order valence-corrected chi connectivity index (χ4v) is 2.96. The maximum atomic E-state index is 12.1. The van der Waals surface area contributed by atoms with E-state index in [0.717, 1.165) is 5.56 Å². The van der Waals surface area contributed by atoms with Crippen LogP contribution in [0.3, 0.4) is 0 Å². The molecular weight excluding hydrogens is 250 g/mol. The first-order chi connectivity index (χ1) is 9.37. The molecule has 2 rings (SSSR count). The third-order valence-corrected chi connectivity index (χ3v) is 4.94. The molecule has 0 aliphatic heterocycles. The first-order valence-electron chi connectivity index (χ1n) is 7.27. The van der Waals surface area contributed by atoms with Gasteiger partial charge in [0.2, 0.25) is 5.91 Å². The van der Waals surface area contributed by atoms with Crippen LogP contribution in [0.25, 0.3) is 0 Å². The van der Waals surface area contributed by atoms with Crippen LogP contribution in [0.5, 0.6) is 0 Å². The van der Waals surface area contributed by atoms with Crippen LogP contribution in [0.2, 0.25) is 0 Å². The first kappa shape index (κ1) is 15.0. The zero-order valence-corrected chi connectivity index (χ0v) is 12.9. The summed E-state index contributed by atoms with van der Waals surface area (Å²) in [4.78, 5) is 12.1. The standard InChI is InChI=1S/C17H25NO2/c1-16(2)14(17(16,3)4)15(19)18-10-11-20-12-13-8-6-5-7-9-13/h5-9,14H,10-12H2,1-4H3,(H,18,19). The molecule has 0 spiro atoms. The summed E-state index contributed by atoms with van der Waals surface area (Å²) in [5, 5.41) is 2.98. The number of nitrogens with one attached hydrogen (secondary N) is 1. The fraction of sp³-hybridized carbons (Fsp3) is 0.588. The van der Waals surface area contributed by atoms with Gasteiger partial charge in [-0.15, -0.1) is 0 Å². The van der Waals surface area contributed by atoms with Crippen molar-refractivity contribution < 1.29 is 9.53 Å². The average molecular weight is 275 g/mol. The molecule has 0 heterocycles. The Balaban J connectivity index is 1.64. The minimum atomic E-state index is 0.0992. The summed E-state index contributed by atoms with van der Waals surface area (Å²) in [5.41, 5.74) is 1.35. The smallest absolute Gasteiger partial charge is 0.224 e. The van der Waals surface area contributed by atoms with Crippen molar-refractivity contribution in [3.8, 4) is 0 Å². The highest BCUT2D eigenvalue weighted by Gasteiger charge is 2.68.